The third-order valence-electron chi connectivity index (χ3n) is 1.93. The lowest BCUT2D eigenvalue weighted by Gasteiger charge is -2.04. The van der Waals surface area contributed by atoms with Gasteiger partial charge in [-0.2, -0.15) is 0 Å². The Bertz CT molecular complexity index is 499. The molecule has 16 heavy (non-hydrogen) atoms. The topological polar surface area (TPSA) is 51.0 Å². The normalized spacial score (nSPS) is 10.4. The van der Waals surface area contributed by atoms with Gasteiger partial charge in [0.05, 0.1) is 12.2 Å². The Morgan fingerprint density at radius 3 is 2.81 bits per heavy atom. The van der Waals surface area contributed by atoms with Crippen LogP contribution in [0.1, 0.15) is 11.8 Å². The van der Waals surface area contributed by atoms with Crippen LogP contribution in [-0.2, 0) is 6.54 Å². The molecule has 0 fully saturated rings. The fourth-order valence-corrected chi connectivity index (χ4v) is 1.21. The van der Waals surface area contributed by atoms with Crippen LogP contribution < -0.4 is 5.32 Å². The second kappa shape index (κ2) is 4.26. The quantitative estimate of drug-likeness (QED) is 0.870. The summed E-state index contributed by atoms with van der Waals surface area (Å²) in [6.07, 6.45) is 0. The van der Waals surface area contributed by atoms with Crippen LogP contribution in [0.15, 0.2) is 22.6 Å². The van der Waals surface area contributed by atoms with Gasteiger partial charge in [-0.15, -0.1) is 10.2 Å². The van der Waals surface area contributed by atoms with Gasteiger partial charge in [0.15, 0.2) is 0 Å². The van der Waals surface area contributed by atoms with Gasteiger partial charge >= 0.3 is 0 Å². The second-order valence-electron chi connectivity index (χ2n) is 3.19. The summed E-state index contributed by atoms with van der Waals surface area (Å²) in [5.41, 5.74) is 0.0656. The third-order valence-corrected chi connectivity index (χ3v) is 1.93. The molecule has 0 atom stereocenters. The van der Waals surface area contributed by atoms with Crippen molar-refractivity contribution in [2.75, 3.05) is 5.32 Å². The minimum atomic E-state index is -0.530. The summed E-state index contributed by atoms with van der Waals surface area (Å²) in [5, 5.41) is 10.0. The minimum Gasteiger partial charge on any atom is -0.424 e. The van der Waals surface area contributed by atoms with Crippen LogP contribution in [0.5, 0.6) is 0 Å². The zero-order valence-corrected chi connectivity index (χ0v) is 8.50. The fourth-order valence-electron chi connectivity index (χ4n) is 1.21. The van der Waals surface area contributed by atoms with Gasteiger partial charge in [-0.25, -0.2) is 8.78 Å². The van der Waals surface area contributed by atoms with Crippen LogP contribution in [-0.4, -0.2) is 10.2 Å². The van der Waals surface area contributed by atoms with Crippen molar-refractivity contribution in [3.8, 4) is 0 Å². The number of benzene rings is 1. The molecule has 0 bridgehead atoms. The summed E-state index contributed by atoms with van der Waals surface area (Å²) in [6.45, 7) is 1.81. The Labute approximate surface area is 90.3 Å². The third kappa shape index (κ3) is 2.33. The van der Waals surface area contributed by atoms with Crippen LogP contribution in [0.2, 0.25) is 0 Å². The fraction of sp³-hybridized carbons (Fsp3) is 0.200. The number of aromatic nitrogens is 2. The first-order valence-corrected chi connectivity index (χ1v) is 4.63. The van der Waals surface area contributed by atoms with Crippen molar-refractivity contribution in [2.45, 2.75) is 13.5 Å². The Kier molecular flexibility index (Phi) is 2.80. The lowest BCUT2D eigenvalue weighted by Crippen LogP contribution is -2.02. The first-order chi connectivity index (χ1) is 7.65. The molecule has 0 aliphatic heterocycles. The van der Waals surface area contributed by atoms with E-state index in [1.165, 1.54) is 0 Å². The number of nitrogens with zero attached hydrogens (tertiary/aromatic N) is 2. The Balaban J connectivity index is 2.07. The minimum absolute atomic E-state index is 0.0656. The number of anilines is 1. The molecular weight excluding hydrogens is 216 g/mol. The summed E-state index contributed by atoms with van der Waals surface area (Å²) >= 11 is 0. The maximum absolute atomic E-state index is 13.2. The molecule has 2 rings (SSSR count). The smallest absolute Gasteiger partial charge is 0.235 e. The average Bonchev–Trinajstić information content (AvgIpc) is 2.66. The van der Waals surface area contributed by atoms with Crippen LogP contribution in [0.25, 0.3) is 0 Å². The highest BCUT2D eigenvalue weighted by Gasteiger charge is 2.06. The molecule has 0 amide bonds. The second-order valence-corrected chi connectivity index (χ2v) is 3.19. The molecule has 1 aromatic carbocycles. The van der Waals surface area contributed by atoms with Gasteiger partial charge in [0.1, 0.15) is 11.6 Å². The van der Waals surface area contributed by atoms with E-state index in [0.29, 0.717) is 11.8 Å². The van der Waals surface area contributed by atoms with Gasteiger partial charge in [0.25, 0.3) is 0 Å². The highest BCUT2D eigenvalue weighted by atomic mass is 19.1. The van der Waals surface area contributed by atoms with Crippen LogP contribution in [0.4, 0.5) is 14.5 Å². The molecule has 0 radical (unpaired) electrons. The molecule has 0 aliphatic carbocycles. The summed E-state index contributed by atoms with van der Waals surface area (Å²) in [4.78, 5) is 0. The van der Waals surface area contributed by atoms with E-state index in [1.54, 1.807) is 6.92 Å². The molecule has 0 spiro atoms. The number of hydrogen-bond acceptors (Lipinski definition) is 4. The first kappa shape index (κ1) is 10.5. The van der Waals surface area contributed by atoms with Crippen molar-refractivity contribution in [3.63, 3.8) is 0 Å². The van der Waals surface area contributed by atoms with Crippen molar-refractivity contribution < 1.29 is 13.2 Å². The molecule has 0 saturated heterocycles. The zero-order valence-electron chi connectivity index (χ0n) is 8.50. The van der Waals surface area contributed by atoms with E-state index in [-0.39, 0.29) is 12.2 Å². The van der Waals surface area contributed by atoms with Crippen molar-refractivity contribution in [1.82, 2.24) is 10.2 Å². The van der Waals surface area contributed by atoms with E-state index in [4.69, 9.17) is 4.42 Å². The molecular formula is C10H9F2N3O. The largest absolute Gasteiger partial charge is 0.424 e. The van der Waals surface area contributed by atoms with Crippen molar-refractivity contribution in [1.29, 1.82) is 0 Å². The van der Waals surface area contributed by atoms with Crippen molar-refractivity contribution in [3.05, 3.63) is 41.6 Å². The zero-order chi connectivity index (χ0) is 11.5. The van der Waals surface area contributed by atoms with Gasteiger partial charge in [-0.1, -0.05) is 0 Å². The number of rotatable bonds is 3. The van der Waals surface area contributed by atoms with E-state index in [1.807, 2.05) is 0 Å². The lowest BCUT2D eigenvalue weighted by molar-refractivity contribution is 0.474. The van der Waals surface area contributed by atoms with Gasteiger partial charge in [0.2, 0.25) is 11.8 Å². The van der Waals surface area contributed by atoms with E-state index < -0.39 is 11.6 Å². The number of halogens is 2. The molecule has 1 N–H and O–H groups in total. The molecule has 0 saturated carbocycles. The maximum atomic E-state index is 13.2. The standard InChI is InChI=1S/C10H9F2N3O/c1-6-14-15-10(16-6)5-13-9-4-7(11)2-3-8(9)12/h2-4,13H,5H2,1H3. The molecule has 1 aromatic heterocycles. The van der Waals surface area contributed by atoms with Gasteiger partial charge in [0, 0.05) is 6.92 Å². The highest BCUT2D eigenvalue weighted by molar-refractivity contribution is 5.44. The average molecular weight is 225 g/mol. The molecule has 0 unspecified atom stereocenters. The van der Waals surface area contributed by atoms with Crippen LogP contribution in [0, 0.1) is 18.6 Å². The summed E-state index contributed by atoms with van der Waals surface area (Å²) in [7, 11) is 0. The highest BCUT2D eigenvalue weighted by Crippen LogP contribution is 2.15. The van der Waals surface area contributed by atoms with Gasteiger partial charge < -0.3 is 9.73 Å². The van der Waals surface area contributed by atoms with Crippen LogP contribution in [0.3, 0.4) is 0 Å². The van der Waals surface area contributed by atoms with E-state index in [2.05, 4.69) is 15.5 Å². The van der Waals surface area contributed by atoms with Crippen molar-refractivity contribution >= 4 is 5.69 Å². The van der Waals surface area contributed by atoms with Crippen molar-refractivity contribution in [2.24, 2.45) is 0 Å². The predicted molar refractivity (Wildman–Crippen MR) is 52.7 cm³/mol. The lowest BCUT2D eigenvalue weighted by atomic mass is 10.3. The van der Waals surface area contributed by atoms with Gasteiger partial charge in [-0.05, 0) is 18.2 Å². The molecule has 2 aromatic rings. The monoisotopic (exact) mass is 225 g/mol. The number of nitrogens with one attached hydrogen (secondary N) is 1. The van der Waals surface area contributed by atoms with Crippen LogP contribution >= 0.6 is 0 Å². The molecule has 0 aliphatic rings. The van der Waals surface area contributed by atoms with E-state index in [9.17, 15) is 8.78 Å². The molecule has 1 heterocycles. The molecule has 4 nitrogen and oxygen atoms in total. The summed E-state index contributed by atoms with van der Waals surface area (Å²) in [5.74, 6) is -0.291. The molecule has 6 heteroatoms. The summed E-state index contributed by atoms with van der Waals surface area (Å²) < 4.78 is 31.1. The summed E-state index contributed by atoms with van der Waals surface area (Å²) in [6, 6.07) is 3.17. The maximum Gasteiger partial charge on any atom is 0.235 e. The molecule has 84 valence electrons. The Hall–Kier alpha value is -1.98. The number of aryl methyl sites for hydroxylation is 1. The Morgan fingerprint density at radius 2 is 2.12 bits per heavy atom. The number of hydrogen-bond donors (Lipinski definition) is 1. The Morgan fingerprint density at radius 1 is 1.31 bits per heavy atom. The van der Waals surface area contributed by atoms with E-state index in [0.717, 1.165) is 18.2 Å². The predicted octanol–water partition coefficient (Wildman–Crippen LogP) is 2.27. The SMILES string of the molecule is Cc1nnc(CNc2cc(F)ccc2F)o1. The van der Waals surface area contributed by atoms with E-state index >= 15 is 0 Å². The first-order valence-electron chi connectivity index (χ1n) is 4.63. The van der Waals surface area contributed by atoms with Gasteiger partial charge in [-0.3, -0.25) is 0 Å².